The van der Waals surface area contributed by atoms with E-state index in [1.807, 2.05) is 4.91 Å². The quantitative estimate of drug-likeness (QED) is 0.166. The van der Waals surface area contributed by atoms with Gasteiger partial charge in [0.25, 0.3) is 0 Å². The fourth-order valence-corrected chi connectivity index (χ4v) is 0.0980. The van der Waals surface area contributed by atoms with Gasteiger partial charge in [-0.2, -0.15) is 0 Å². The minimum absolute atomic E-state index is 0. The van der Waals surface area contributed by atoms with Crippen molar-refractivity contribution in [1.29, 1.82) is 0 Å². The van der Waals surface area contributed by atoms with Crippen LogP contribution in [0, 0.1) is 0 Å². The Morgan fingerprint density at radius 3 is 2.00 bits per heavy atom. The van der Waals surface area contributed by atoms with Gasteiger partial charge in [-0.15, -0.1) is 0 Å². The molecule has 0 aliphatic carbocycles. The maximum atomic E-state index is 9.22. The van der Waals surface area contributed by atoms with E-state index in [1.165, 1.54) is 0 Å². The van der Waals surface area contributed by atoms with E-state index in [9.17, 15) is 8.42 Å². The predicted octanol–water partition coefficient (Wildman–Crippen LogP) is -0.825. The van der Waals surface area contributed by atoms with Crippen molar-refractivity contribution in [2.24, 2.45) is 4.52 Å². The van der Waals surface area contributed by atoms with Crippen LogP contribution in [0.3, 0.4) is 0 Å². The van der Waals surface area contributed by atoms with Crippen molar-refractivity contribution < 1.29 is 8.42 Å². The standard InChI is InChI=1S/HN3O2S.Na.H/c1-2-3-6(4)5;;/h6H;;. The Morgan fingerprint density at radius 1 is 1.57 bits per heavy atom. The average molecular weight is 131 g/mol. The van der Waals surface area contributed by atoms with Crippen molar-refractivity contribution in [2.45, 2.75) is 0 Å². The molecule has 0 fully saturated rings. The number of rotatable bonds is 1. The first-order valence-electron chi connectivity index (χ1n) is 0.965. The molecular formula is H2N3NaO2S. The van der Waals surface area contributed by atoms with Gasteiger partial charge in [0, 0.05) is 9.43 Å². The monoisotopic (exact) mass is 131 g/mol. The molecule has 0 saturated carbocycles. The fourth-order valence-electron chi connectivity index (χ4n) is 0.0327. The van der Waals surface area contributed by atoms with Gasteiger partial charge < -0.3 is 0 Å². The zero-order chi connectivity index (χ0) is 4.99. The van der Waals surface area contributed by atoms with Crippen molar-refractivity contribution in [1.82, 2.24) is 0 Å². The van der Waals surface area contributed by atoms with E-state index < -0.39 is 10.9 Å². The van der Waals surface area contributed by atoms with Crippen LogP contribution in [-0.4, -0.2) is 38.0 Å². The van der Waals surface area contributed by atoms with E-state index in [0.29, 0.717) is 0 Å². The van der Waals surface area contributed by atoms with Gasteiger partial charge >= 0.3 is 29.6 Å². The van der Waals surface area contributed by atoms with Gasteiger partial charge in [0.05, 0.1) is 0 Å². The van der Waals surface area contributed by atoms with Crippen molar-refractivity contribution >= 4 is 40.4 Å². The van der Waals surface area contributed by atoms with Crippen LogP contribution >= 0.6 is 0 Å². The van der Waals surface area contributed by atoms with E-state index in [2.05, 4.69) is 4.52 Å². The summed E-state index contributed by atoms with van der Waals surface area (Å²) in [6, 6.07) is 0. The van der Waals surface area contributed by atoms with E-state index in [0.717, 1.165) is 0 Å². The zero-order valence-electron chi connectivity index (χ0n) is 2.61. The van der Waals surface area contributed by atoms with Gasteiger partial charge in [-0.3, -0.25) is 0 Å². The molecule has 7 heteroatoms. The molecular weight excluding hydrogens is 129 g/mol. The Hall–Kier alpha value is 0.260. The Bertz CT molecular complexity index is 135. The van der Waals surface area contributed by atoms with Gasteiger partial charge in [-0.05, 0) is 5.53 Å². The fraction of sp³-hybridized carbons (Fsp3) is 0. The molecule has 0 saturated heterocycles. The van der Waals surface area contributed by atoms with Crippen LogP contribution in [0.15, 0.2) is 4.52 Å². The first-order valence-corrected chi connectivity index (χ1v) is 2.10. The van der Waals surface area contributed by atoms with Gasteiger partial charge in [-0.1, -0.05) is 0 Å². The van der Waals surface area contributed by atoms with Crippen LogP contribution in [-0.2, 0) is 10.9 Å². The Labute approximate surface area is 63.7 Å². The summed E-state index contributed by atoms with van der Waals surface area (Å²) in [7, 11) is -2.89. The number of thiol groups is 1. The molecule has 5 nitrogen and oxygen atoms in total. The molecule has 0 aromatic heterocycles. The van der Waals surface area contributed by atoms with Crippen molar-refractivity contribution in [3.63, 3.8) is 0 Å². The first-order chi connectivity index (χ1) is 2.77. The second-order valence-corrected chi connectivity index (χ2v) is 1.07. The Kier molecular flexibility index (Phi) is 9.20. The normalized spacial score (nSPS) is 6.43. The minimum atomic E-state index is -2.89. The molecule has 0 N–H and O–H groups in total. The summed E-state index contributed by atoms with van der Waals surface area (Å²) in [5.41, 5.74) is 7.31. The van der Waals surface area contributed by atoms with E-state index >= 15 is 0 Å². The average Bonchev–Trinajstić information content (AvgIpc) is 1.35. The topological polar surface area (TPSA) is 82.9 Å². The number of nitrogens with zero attached hydrogens (tertiary/aromatic N) is 3. The maximum absolute atomic E-state index is 9.22. The SMILES string of the molecule is [N-]=[N+]=N[SH](=O)=O.[NaH]. The molecule has 0 atom stereocenters. The Morgan fingerprint density at radius 2 is 2.00 bits per heavy atom. The van der Waals surface area contributed by atoms with Gasteiger partial charge in [0.15, 0.2) is 0 Å². The molecule has 0 unspecified atom stereocenters. The third-order valence-electron chi connectivity index (χ3n) is 0.113. The number of azide groups is 1. The Balaban J connectivity index is 0. The molecule has 0 aromatic carbocycles. The van der Waals surface area contributed by atoms with Crippen LogP contribution < -0.4 is 0 Å². The van der Waals surface area contributed by atoms with E-state index in [4.69, 9.17) is 5.53 Å². The molecule has 0 aromatic rings. The third kappa shape index (κ3) is 10.7. The van der Waals surface area contributed by atoms with Crippen LogP contribution in [0.5, 0.6) is 0 Å². The summed E-state index contributed by atoms with van der Waals surface area (Å²) in [6.45, 7) is 0. The number of hydrogen-bond donors (Lipinski definition) is 1. The summed E-state index contributed by atoms with van der Waals surface area (Å²) in [6.07, 6.45) is 0. The molecule has 0 aliphatic heterocycles. The molecule has 36 valence electrons. The van der Waals surface area contributed by atoms with Crippen molar-refractivity contribution in [2.75, 3.05) is 0 Å². The summed E-state index contributed by atoms with van der Waals surface area (Å²) in [5.74, 6) is 0. The molecule has 7 heavy (non-hydrogen) atoms. The van der Waals surface area contributed by atoms with E-state index in [-0.39, 0.29) is 29.6 Å². The van der Waals surface area contributed by atoms with E-state index in [1.54, 1.807) is 0 Å². The molecule has 0 rings (SSSR count). The molecule has 0 heterocycles. The van der Waals surface area contributed by atoms with Gasteiger partial charge in [0.2, 0.25) is 10.9 Å². The van der Waals surface area contributed by atoms with Gasteiger partial charge in [-0.25, -0.2) is 8.42 Å². The summed E-state index contributed by atoms with van der Waals surface area (Å²) < 4.78 is 20.7. The molecule has 0 spiro atoms. The molecule has 0 aliphatic rings. The predicted molar refractivity (Wildman–Crippen MR) is 26.6 cm³/mol. The van der Waals surface area contributed by atoms with Crippen LogP contribution in [0.4, 0.5) is 0 Å². The molecule has 0 bridgehead atoms. The summed E-state index contributed by atoms with van der Waals surface area (Å²) >= 11 is 0. The van der Waals surface area contributed by atoms with Crippen molar-refractivity contribution in [3.05, 3.63) is 10.4 Å². The van der Waals surface area contributed by atoms with Crippen LogP contribution in [0.25, 0.3) is 10.4 Å². The second kappa shape index (κ2) is 6.26. The molecule has 0 amide bonds. The van der Waals surface area contributed by atoms with Crippen LogP contribution in [0.2, 0.25) is 0 Å². The first kappa shape index (κ1) is 10.3. The van der Waals surface area contributed by atoms with Crippen LogP contribution in [0.1, 0.15) is 0 Å². The third-order valence-corrected chi connectivity index (χ3v) is 0.339. The number of hydrogen-bond acceptors (Lipinski definition) is 2. The van der Waals surface area contributed by atoms with Gasteiger partial charge in [0.1, 0.15) is 0 Å². The zero-order valence-corrected chi connectivity index (χ0v) is 3.50. The molecule has 0 radical (unpaired) electrons. The summed E-state index contributed by atoms with van der Waals surface area (Å²) in [4.78, 5) is 1.96. The second-order valence-electron chi connectivity index (χ2n) is 0.417. The summed E-state index contributed by atoms with van der Waals surface area (Å²) in [5, 5.41) is 0. The van der Waals surface area contributed by atoms with Crippen molar-refractivity contribution in [3.8, 4) is 0 Å².